The van der Waals surface area contributed by atoms with Gasteiger partial charge in [0.15, 0.2) is 0 Å². The highest BCUT2D eigenvalue weighted by Gasteiger charge is 2.73. The summed E-state index contributed by atoms with van der Waals surface area (Å²) < 4.78 is 11.2. The van der Waals surface area contributed by atoms with Crippen molar-refractivity contribution in [1.82, 2.24) is 0 Å². The third-order valence-corrected chi connectivity index (χ3v) is 7.52. The number of esters is 1. The van der Waals surface area contributed by atoms with Crippen molar-refractivity contribution in [3.8, 4) is 0 Å². The van der Waals surface area contributed by atoms with Gasteiger partial charge in [0.1, 0.15) is 6.10 Å². The SMILES string of the molecule is COC1=CC2=C3C(=C(C)C1)[C@H](O)[C@@H]1[C@H]4OC(=O)[C@@](CC2)([C@H]31)[C@@H](C)[C@H]4O. The predicted molar refractivity (Wildman–Crippen MR) is 89.1 cm³/mol. The summed E-state index contributed by atoms with van der Waals surface area (Å²) in [5.74, 6) is 0.257. The van der Waals surface area contributed by atoms with E-state index in [0.717, 1.165) is 28.9 Å². The van der Waals surface area contributed by atoms with Gasteiger partial charge >= 0.3 is 5.97 Å². The molecule has 7 atom stereocenters. The van der Waals surface area contributed by atoms with Gasteiger partial charge in [-0.3, -0.25) is 4.79 Å². The minimum atomic E-state index is -0.716. The lowest BCUT2D eigenvalue weighted by atomic mass is 9.49. The first-order valence-corrected chi connectivity index (χ1v) is 9.16. The molecule has 0 aromatic carbocycles. The molecule has 2 heterocycles. The minimum absolute atomic E-state index is 0.0618. The summed E-state index contributed by atoms with van der Waals surface area (Å²) in [5, 5.41) is 21.9. The highest BCUT2D eigenvalue weighted by atomic mass is 16.6. The second-order valence-corrected chi connectivity index (χ2v) is 8.31. The van der Waals surface area contributed by atoms with Crippen LogP contribution in [0.4, 0.5) is 0 Å². The number of hydrogen-bond donors (Lipinski definition) is 2. The molecular weight excluding hydrogens is 320 g/mol. The van der Waals surface area contributed by atoms with Gasteiger partial charge in [-0.25, -0.2) is 0 Å². The number of aliphatic hydroxyl groups is 2. The third kappa shape index (κ3) is 1.60. The molecule has 0 aromatic heterocycles. The summed E-state index contributed by atoms with van der Waals surface area (Å²) in [5.41, 5.74) is 3.65. The van der Waals surface area contributed by atoms with Gasteiger partial charge in [-0.15, -0.1) is 0 Å². The van der Waals surface area contributed by atoms with Crippen LogP contribution in [-0.4, -0.2) is 41.6 Å². The summed E-state index contributed by atoms with van der Waals surface area (Å²) in [6.45, 7) is 4.00. The Kier molecular flexibility index (Phi) is 2.99. The van der Waals surface area contributed by atoms with E-state index >= 15 is 0 Å². The van der Waals surface area contributed by atoms with Gasteiger partial charge in [-0.2, -0.15) is 0 Å². The maximum Gasteiger partial charge on any atom is 0.313 e. The molecule has 0 unspecified atom stereocenters. The van der Waals surface area contributed by atoms with E-state index in [-0.39, 0.29) is 23.7 Å². The normalized spacial score (nSPS) is 47.4. The van der Waals surface area contributed by atoms with Gasteiger partial charge in [0, 0.05) is 24.2 Å². The monoisotopic (exact) mass is 344 g/mol. The summed E-state index contributed by atoms with van der Waals surface area (Å²) in [4.78, 5) is 12.9. The highest BCUT2D eigenvalue weighted by Crippen LogP contribution is 2.68. The lowest BCUT2D eigenvalue weighted by molar-refractivity contribution is -0.248. The Morgan fingerprint density at radius 1 is 1.32 bits per heavy atom. The predicted octanol–water partition coefficient (Wildman–Crippen LogP) is 1.86. The molecule has 1 spiro atoms. The first-order valence-electron chi connectivity index (χ1n) is 9.16. The Labute approximate surface area is 147 Å². The van der Waals surface area contributed by atoms with Gasteiger partial charge in [0.2, 0.25) is 0 Å². The van der Waals surface area contributed by atoms with Crippen molar-refractivity contribution in [2.24, 2.45) is 23.2 Å². The van der Waals surface area contributed by atoms with Crippen LogP contribution in [0, 0.1) is 23.2 Å². The molecule has 5 heteroatoms. The van der Waals surface area contributed by atoms with E-state index in [0.29, 0.717) is 12.8 Å². The van der Waals surface area contributed by atoms with Crippen LogP contribution < -0.4 is 0 Å². The van der Waals surface area contributed by atoms with Crippen molar-refractivity contribution in [2.75, 3.05) is 7.11 Å². The molecule has 2 saturated heterocycles. The van der Waals surface area contributed by atoms with E-state index in [4.69, 9.17) is 9.47 Å². The van der Waals surface area contributed by atoms with Crippen LogP contribution in [0.15, 0.2) is 34.1 Å². The second kappa shape index (κ2) is 4.77. The van der Waals surface area contributed by atoms with Crippen LogP contribution in [0.25, 0.3) is 0 Å². The Bertz CT molecular complexity index is 775. The molecule has 2 N–H and O–H groups in total. The number of carbonyl (C=O) groups excluding carboxylic acids is 1. The number of allylic oxidation sites excluding steroid dienone is 3. The second-order valence-electron chi connectivity index (χ2n) is 8.31. The lowest BCUT2D eigenvalue weighted by Crippen LogP contribution is -2.68. The van der Waals surface area contributed by atoms with Crippen LogP contribution >= 0.6 is 0 Å². The van der Waals surface area contributed by atoms with Gasteiger partial charge in [0.05, 0.1) is 30.5 Å². The van der Waals surface area contributed by atoms with Crippen LogP contribution in [0.2, 0.25) is 0 Å². The largest absolute Gasteiger partial charge is 0.501 e. The molecule has 0 radical (unpaired) electrons. The number of rotatable bonds is 1. The molecule has 6 aliphatic rings. The molecule has 4 fully saturated rings. The molecule has 5 nitrogen and oxygen atoms in total. The van der Waals surface area contributed by atoms with E-state index in [9.17, 15) is 15.0 Å². The fourth-order valence-electron chi connectivity index (χ4n) is 6.36. The molecule has 2 bridgehead atoms. The third-order valence-electron chi connectivity index (χ3n) is 7.52. The summed E-state index contributed by atoms with van der Waals surface area (Å²) in [7, 11) is 1.68. The van der Waals surface area contributed by atoms with Crippen molar-refractivity contribution in [3.63, 3.8) is 0 Å². The van der Waals surface area contributed by atoms with Gasteiger partial charge in [0.25, 0.3) is 0 Å². The van der Waals surface area contributed by atoms with Gasteiger partial charge < -0.3 is 19.7 Å². The van der Waals surface area contributed by atoms with Gasteiger partial charge in [-0.05, 0) is 42.6 Å². The number of carbonyl (C=O) groups is 1. The molecule has 25 heavy (non-hydrogen) atoms. The number of hydrogen-bond acceptors (Lipinski definition) is 5. The zero-order valence-electron chi connectivity index (χ0n) is 14.8. The smallest absolute Gasteiger partial charge is 0.313 e. The lowest BCUT2D eigenvalue weighted by Gasteiger charge is -2.59. The molecule has 4 aliphatic carbocycles. The van der Waals surface area contributed by atoms with E-state index in [1.807, 2.05) is 13.8 Å². The Morgan fingerprint density at radius 2 is 2.08 bits per heavy atom. The van der Waals surface area contributed by atoms with E-state index in [1.165, 1.54) is 5.57 Å². The van der Waals surface area contributed by atoms with E-state index < -0.39 is 23.7 Å². The van der Waals surface area contributed by atoms with Crippen molar-refractivity contribution >= 4 is 5.97 Å². The average Bonchev–Trinajstić information content (AvgIpc) is 2.81. The minimum Gasteiger partial charge on any atom is -0.501 e. The van der Waals surface area contributed by atoms with Crippen LogP contribution in [0.3, 0.4) is 0 Å². The zero-order valence-corrected chi connectivity index (χ0v) is 14.8. The highest BCUT2D eigenvalue weighted by molar-refractivity contribution is 5.83. The molecule has 0 aromatic rings. The first kappa shape index (κ1) is 15.6. The Balaban J connectivity index is 1.80. The molecule has 134 valence electrons. The van der Waals surface area contributed by atoms with E-state index in [1.54, 1.807) is 7.11 Å². The van der Waals surface area contributed by atoms with E-state index in [2.05, 4.69) is 6.08 Å². The van der Waals surface area contributed by atoms with Crippen molar-refractivity contribution in [1.29, 1.82) is 0 Å². The standard InChI is InChI=1S/C20H24O5/c1-8-6-11(24-3)7-10-4-5-20-9(2)16(21)18(25-19(20)23)14-15(20)13(10)12(8)17(14)22/h7,9,14-18,21-22H,4-6H2,1-3H3/t9-,14+,15+,16+,17-,18+,20+/m0/s1. The first-order chi connectivity index (χ1) is 11.9. The van der Waals surface area contributed by atoms with Crippen molar-refractivity contribution < 1.29 is 24.5 Å². The molecule has 0 amide bonds. The van der Waals surface area contributed by atoms with Crippen LogP contribution in [0.1, 0.15) is 33.1 Å². The van der Waals surface area contributed by atoms with Crippen LogP contribution in [0.5, 0.6) is 0 Å². The zero-order chi connectivity index (χ0) is 17.7. The topological polar surface area (TPSA) is 76.0 Å². The maximum absolute atomic E-state index is 12.9. The number of methoxy groups -OCH3 is 1. The average molecular weight is 344 g/mol. The molecule has 6 rings (SSSR count). The number of ether oxygens (including phenoxy) is 2. The number of aliphatic hydroxyl groups excluding tert-OH is 2. The maximum atomic E-state index is 12.9. The fourth-order valence-corrected chi connectivity index (χ4v) is 6.36. The summed E-state index contributed by atoms with van der Waals surface area (Å²) in [6, 6.07) is 0. The van der Waals surface area contributed by atoms with Crippen LogP contribution in [-0.2, 0) is 14.3 Å². The molecule has 2 aliphatic heterocycles. The Morgan fingerprint density at radius 3 is 2.80 bits per heavy atom. The summed E-state index contributed by atoms with van der Waals surface area (Å²) >= 11 is 0. The number of fused-ring (bicyclic) bond motifs is 2. The quantitative estimate of drug-likeness (QED) is 0.710. The fraction of sp³-hybridized carbons (Fsp3) is 0.650. The Hall–Kier alpha value is -1.59. The van der Waals surface area contributed by atoms with Crippen molar-refractivity contribution in [2.45, 2.75) is 51.4 Å². The molecular formula is C20H24O5. The summed E-state index contributed by atoms with van der Waals surface area (Å²) in [6.07, 6.45) is 2.15. The van der Waals surface area contributed by atoms with Crippen molar-refractivity contribution in [3.05, 3.63) is 34.1 Å². The van der Waals surface area contributed by atoms with Gasteiger partial charge in [-0.1, -0.05) is 12.5 Å². The molecule has 2 saturated carbocycles.